The fourth-order valence-corrected chi connectivity index (χ4v) is 3.16. The predicted molar refractivity (Wildman–Crippen MR) is 86.5 cm³/mol. The molecule has 2 amide bonds. The van der Waals surface area contributed by atoms with Gasteiger partial charge in [-0.1, -0.05) is 0 Å². The summed E-state index contributed by atoms with van der Waals surface area (Å²) in [4.78, 5) is 36.3. The molecule has 0 spiro atoms. The number of amides is 2. The highest BCUT2D eigenvalue weighted by Gasteiger charge is 2.22. The lowest BCUT2D eigenvalue weighted by Gasteiger charge is -2.20. The lowest BCUT2D eigenvalue weighted by atomic mass is 10.1. The number of carbonyl (C=O) groups excluding carboxylic acids is 2. The number of anilines is 2. The Bertz CT molecular complexity index is 759. The molecule has 23 heavy (non-hydrogen) atoms. The van der Waals surface area contributed by atoms with E-state index >= 15 is 0 Å². The molecule has 3 N–H and O–H groups in total. The molecule has 1 aliphatic heterocycles. The van der Waals surface area contributed by atoms with E-state index in [9.17, 15) is 9.59 Å². The van der Waals surface area contributed by atoms with Gasteiger partial charge in [-0.15, -0.1) is 11.3 Å². The van der Waals surface area contributed by atoms with E-state index < -0.39 is 0 Å². The number of fused-ring (bicyclic) bond motifs is 1. The van der Waals surface area contributed by atoms with Crippen LogP contribution < -0.4 is 16.0 Å². The first-order chi connectivity index (χ1) is 11.1. The molecule has 1 atom stereocenters. The fourth-order valence-electron chi connectivity index (χ4n) is 2.30. The summed E-state index contributed by atoms with van der Waals surface area (Å²) in [5, 5.41) is 9.40. The van der Waals surface area contributed by atoms with E-state index in [0.717, 1.165) is 10.6 Å². The molecule has 2 aromatic rings. The second kappa shape index (κ2) is 6.29. The van der Waals surface area contributed by atoms with Crippen molar-refractivity contribution in [1.82, 2.24) is 20.3 Å². The van der Waals surface area contributed by atoms with Crippen molar-refractivity contribution in [3.05, 3.63) is 28.0 Å². The van der Waals surface area contributed by atoms with Crippen molar-refractivity contribution in [1.29, 1.82) is 0 Å². The van der Waals surface area contributed by atoms with Crippen molar-refractivity contribution in [3.8, 4) is 0 Å². The minimum atomic E-state index is -0.150. The van der Waals surface area contributed by atoms with E-state index in [1.807, 2.05) is 6.92 Å². The molecule has 3 rings (SSSR count). The maximum Gasteiger partial charge on any atom is 0.262 e. The number of thiazole rings is 1. The molecule has 0 fully saturated rings. The topological polar surface area (TPSA) is 109 Å². The molecule has 2 aromatic heterocycles. The van der Waals surface area contributed by atoms with Crippen molar-refractivity contribution in [3.63, 3.8) is 0 Å². The number of aromatic nitrogens is 3. The van der Waals surface area contributed by atoms with Gasteiger partial charge in [0.15, 0.2) is 0 Å². The average Bonchev–Trinajstić information content (AvgIpc) is 3.04. The molecule has 120 valence electrons. The Morgan fingerprint density at radius 2 is 2.17 bits per heavy atom. The first-order valence-electron chi connectivity index (χ1n) is 7.16. The lowest BCUT2D eigenvalue weighted by Crippen LogP contribution is -2.22. The molecule has 9 heteroatoms. The Morgan fingerprint density at radius 3 is 2.96 bits per heavy atom. The number of hydrogen-bond donors (Lipinski definition) is 3. The van der Waals surface area contributed by atoms with Gasteiger partial charge >= 0.3 is 0 Å². The van der Waals surface area contributed by atoms with Gasteiger partial charge in [-0.2, -0.15) is 0 Å². The molecule has 0 saturated carbocycles. The molecule has 8 nitrogen and oxygen atoms in total. The van der Waals surface area contributed by atoms with Crippen molar-refractivity contribution >= 4 is 34.8 Å². The number of rotatable bonds is 4. The Labute approximate surface area is 136 Å². The summed E-state index contributed by atoms with van der Waals surface area (Å²) in [5.74, 6) is 1.05. The van der Waals surface area contributed by atoms with Gasteiger partial charge in [0, 0.05) is 19.0 Å². The summed E-state index contributed by atoms with van der Waals surface area (Å²) in [6, 6.07) is -0.116. The number of nitrogens with zero attached hydrogens (tertiary/aromatic N) is 3. The highest BCUT2D eigenvalue weighted by atomic mass is 32.1. The third-order valence-electron chi connectivity index (χ3n) is 3.50. The zero-order chi connectivity index (χ0) is 16.4. The normalized spacial score (nSPS) is 14.6. The summed E-state index contributed by atoms with van der Waals surface area (Å²) in [6.45, 7) is 1.95. The minimum Gasteiger partial charge on any atom is -0.361 e. The quantitative estimate of drug-likeness (QED) is 0.780. The molecule has 0 radical (unpaired) electrons. The van der Waals surface area contributed by atoms with Crippen LogP contribution in [0.3, 0.4) is 0 Å². The summed E-state index contributed by atoms with van der Waals surface area (Å²) in [5.41, 5.74) is 0.891. The van der Waals surface area contributed by atoms with Crippen LogP contribution in [0.25, 0.3) is 0 Å². The molecular weight excluding hydrogens is 316 g/mol. The van der Waals surface area contributed by atoms with Gasteiger partial charge in [0.1, 0.15) is 27.8 Å². The summed E-state index contributed by atoms with van der Waals surface area (Å²) < 4.78 is 0. The van der Waals surface area contributed by atoms with E-state index in [1.165, 1.54) is 17.7 Å². The minimum absolute atomic E-state index is 0.0367. The standard InChI is InChI=1S/C14H16N6O2S/c1-7(14-16-5-9(23-14)13(22)15-2)19-11-8-3-4-10(21)20-12(8)18-6-17-11/h5-7H,3-4H2,1-2H3,(H,15,22)(H2,17,18,19,20,21)/t7-/m1/s1. The van der Waals surface area contributed by atoms with Gasteiger partial charge in [-0.05, 0) is 13.3 Å². The molecule has 0 unspecified atom stereocenters. The highest BCUT2D eigenvalue weighted by molar-refractivity contribution is 7.13. The molecule has 0 saturated heterocycles. The maximum atomic E-state index is 11.6. The molecule has 0 aromatic carbocycles. The van der Waals surface area contributed by atoms with Crippen molar-refractivity contribution < 1.29 is 9.59 Å². The van der Waals surface area contributed by atoms with Crippen LogP contribution in [0.4, 0.5) is 11.6 Å². The lowest BCUT2D eigenvalue weighted by molar-refractivity contribution is -0.116. The zero-order valence-corrected chi connectivity index (χ0v) is 13.5. The van der Waals surface area contributed by atoms with Gasteiger partial charge in [0.25, 0.3) is 5.91 Å². The summed E-state index contributed by atoms with van der Waals surface area (Å²) in [6.07, 6.45) is 3.99. The second-order valence-electron chi connectivity index (χ2n) is 5.11. The van der Waals surface area contributed by atoms with Crippen LogP contribution in [-0.4, -0.2) is 33.8 Å². The first kappa shape index (κ1) is 15.3. The summed E-state index contributed by atoms with van der Waals surface area (Å²) in [7, 11) is 1.59. The molecule has 1 aliphatic rings. The average molecular weight is 332 g/mol. The number of hydrogen-bond acceptors (Lipinski definition) is 7. The SMILES string of the molecule is CNC(=O)c1cnc([C@@H](C)Nc2ncnc3c2CCC(=O)N3)s1. The van der Waals surface area contributed by atoms with Gasteiger partial charge in [-0.3, -0.25) is 9.59 Å². The van der Waals surface area contributed by atoms with Crippen LogP contribution in [0.5, 0.6) is 0 Å². The molecule has 0 aliphatic carbocycles. The van der Waals surface area contributed by atoms with Gasteiger partial charge in [0.2, 0.25) is 5.91 Å². The van der Waals surface area contributed by atoms with Crippen LogP contribution in [0.1, 0.15) is 39.6 Å². The Kier molecular flexibility index (Phi) is 4.20. The Hall–Kier alpha value is -2.55. The largest absolute Gasteiger partial charge is 0.361 e. The van der Waals surface area contributed by atoms with Crippen LogP contribution in [-0.2, 0) is 11.2 Å². The second-order valence-corrected chi connectivity index (χ2v) is 6.17. The van der Waals surface area contributed by atoms with Crippen molar-refractivity contribution in [2.45, 2.75) is 25.8 Å². The fraction of sp³-hybridized carbons (Fsp3) is 0.357. The van der Waals surface area contributed by atoms with E-state index in [0.29, 0.717) is 29.4 Å². The van der Waals surface area contributed by atoms with Crippen LogP contribution in [0.2, 0.25) is 0 Å². The first-order valence-corrected chi connectivity index (χ1v) is 7.98. The van der Waals surface area contributed by atoms with Crippen LogP contribution in [0.15, 0.2) is 12.5 Å². The van der Waals surface area contributed by atoms with Gasteiger partial charge in [-0.25, -0.2) is 15.0 Å². The van der Waals surface area contributed by atoms with E-state index in [-0.39, 0.29) is 17.9 Å². The van der Waals surface area contributed by atoms with E-state index in [4.69, 9.17) is 0 Å². The maximum absolute atomic E-state index is 11.6. The van der Waals surface area contributed by atoms with E-state index in [2.05, 4.69) is 30.9 Å². The molecular formula is C14H16N6O2S. The third kappa shape index (κ3) is 3.14. The smallest absolute Gasteiger partial charge is 0.262 e. The monoisotopic (exact) mass is 332 g/mol. The highest BCUT2D eigenvalue weighted by Crippen LogP contribution is 2.29. The summed E-state index contributed by atoms with van der Waals surface area (Å²) >= 11 is 1.33. The molecule has 3 heterocycles. The Morgan fingerprint density at radius 1 is 1.35 bits per heavy atom. The Balaban J connectivity index is 1.79. The zero-order valence-electron chi connectivity index (χ0n) is 12.7. The van der Waals surface area contributed by atoms with Gasteiger partial charge in [0.05, 0.1) is 12.2 Å². The predicted octanol–water partition coefficient (Wildman–Crippen LogP) is 1.35. The third-order valence-corrected chi connectivity index (χ3v) is 4.68. The molecule has 0 bridgehead atoms. The van der Waals surface area contributed by atoms with Gasteiger partial charge < -0.3 is 16.0 Å². The number of nitrogens with one attached hydrogen (secondary N) is 3. The van der Waals surface area contributed by atoms with E-state index in [1.54, 1.807) is 13.2 Å². The van der Waals surface area contributed by atoms with Crippen molar-refractivity contribution in [2.24, 2.45) is 0 Å². The van der Waals surface area contributed by atoms with Crippen molar-refractivity contribution in [2.75, 3.05) is 17.7 Å². The van der Waals surface area contributed by atoms with Crippen LogP contribution in [0, 0.1) is 0 Å². The number of carbonyl (C=O) groups is 2. The van der Waals surface area contributed by atoms with Crippen LogP contribution >= 0.6 is 11.3 Å².